The zero-order valence-electron chi connectivity index (χ0n) is 28.8. The van der Waals surface area contributed by atoms with Crippen molar-refractivity contribution in [3.63, 3.8) is 0 Å². The molecule has 0 atom stereocenters. The van der Waals surface area contributed by atoms with Gasteiger partial charge in [0, 0.05) is 43.7 Å². The molecule has 238 valence electrons. The second-order valence-corrected chi connectivity index (χ2v) is 15.3. The van der Waals surface area contributed by atoms with Gasteiger partial charge in [-0.05, 0) is 80.9 Å². The summed E-state index contributed by atoms with van der Waals surface area (Å²) < 4.78 is 5.12. The highest BCUT2D eigenvalue weighted by Crippen LogP contribution is 2.58. The van der Waals surface area contributed by atoms with Crippen LogP contribution in [-0.4, -0.2) is 9.13 Å². The van der Waals surface area contributed by atoms with E-state index in [1.165, 1.54) is 99.5 Å². The molecule has 0 radical (unpaired) electrons. The van der Waals surface area contributed by atoms with Gasteiger partial charge in [-0.15, -0.1) is 0 Å². The van der Waals surface area contributed by atoms with Gasteiger partial charge in [0.2, 0.25) is 0 Å². The molecule has 0 N–H and O–H groups in total. The van der Waals surface area contributed by atoms with Gasteiger partial charge in [-0.2, -0.15) is 0 Å². The molecule has 0 bridgehead atoms. The first-order valence-corrected chi connectivity index (χ1v) is 17.8. The van der Waals surface area contributed by atoms with Crippen molar-refractivity contribution in [1.29, 1.82) is 0 Å². The lowest BCUT2D eigenvalue weighted by Gasteiger charge is -2.24. The molecule has 0 amide bonds. The van der Waals surface area contributed by atoms with Crippen molar-refractivity contribution in [3.05, 3.63) is 168 Å². The van der Waals surface area contributed by atoms with E-state index in [1.54, 1.807) is 0 Å². The van der Waals surface area contributed by atoms with E-state index in [0.29, 0.717) is 0 Å². The molecule has 0 saturated heterocycles. The summed E-state index contributed by atoms with van der Waals surface area (Å²) in [5, 5.41) is 5.28. The lowest BCUT2D eigenvalue weighted by Crippen LogP contribution is -2.16. The van der Waals surface area contributed by atoms with E-state index in [4.69, 9.17) is 0 Å². The first kappa shape index (κ1) is 28.0. The minimum Gasteiger partial charge on any atom is -0.307 e. The third-order valence-corrected chi connectivity index (χ3v) is 12.1. The van der Waals surface area contributed by atoms with Crippen molar-refractivity contribution >= 4 is 43.6 Å². The summed E-state index contributed by atoms with van der Waals surface area (Å²) in [5.41, 5.74) is 18.1. The highest BCUT2D eigenvalue weighted by molar-refractivity contribution is 6.31. The van der Waals surface area contributed by atoms with E-state index < -0.39 is 0 Å². The molecule has 0 spiro atoms. The van der Waals surface area contributed by atoms with Crippen LogP contribution >= 0.6 is 0 Å². The maximum atomic E-state index is 2.59. The monoisotopic (exact) mass is 640 g/mol. The third-order valence-electron chi connectivity index (χ3n) is 12.1. The second-order valence-electron chi connectivity index (χ2n) is 15.3. The zero-order chi connectivity index (χ0) is 33.5. The van der Waals surface area contributed by atoms with Gasteiger partial charge in [-0.1, -0.05) is 137 Å². The van der Waals surface area contributed by atoms with Crippen molar-refractivity contribution in [1.82, 2.24) is 9.13 Å². The first-order chi connectivity index (χ1) is 24.4. The molecule has 7 aromatic carbocycles. The SMILES string of the molecule is CC1(C)c2ccccc2-c2ccc(-n3c4ccccc4c4c5c(c6c7ccccc7n(-c7ccccc7)c6c43)-c3ccccc3C5(C)C)cc21. The minimum absolute atomic E-state index is 0.0974. The van der Waals surface area contributed by atoms with Gasteiger partial charge in [-0.25, -0.2) is 0 Å². The van der Waals surface area contributed by atoms with Gasteiger partial charge in [0.05, 0.1) is 22.1 Å². The molecule has 2 aromatic heterocycles. The standard InChI is InChI=1S/C48H36N2/c1-47(2)36-22-12-8-18-31(36)32-27-26-30(28-38(32)47)50-40-25-15-11-21-35(40)43-44-41(33-19-9-13-23-37(33)48(44,3)4)42-34-20-10-14-24-39(34)49(45(42)46(43)50)29-16-6-5-7-17-29/h5-28H,1-4H3. The fourth-order valence-corrected chi connectivity index (χ4v) is 9.90. The zero-order valence-corrected chi connectivity index (χ0v) is 28.8. The smallest absolute Gasteiger partial charge is 0.0795 e. The molecule has 0 unspecified atom stereocenters. The number of rotatable bonds is 2. The van der Waals surface area contributed by atoms with Gasteiger partial charge < -0.3 is 9.13 Å². The average molecular weight is 641 g/mol. The lowest BCUT2D eigenvalue weighted by atomic mass is 9.80. The van der Waals surface area contributed by atoms with Crippen LogP contribution in [0, 0.1) is 0 Å². The molecule has 2 aliphatic rings. The van der Waals surface area contributed by atoms with Crippen LogP contribution in [0.2, 0.25) is 0 Å². The summed E-state index contributed by atoms with van der Waals surface area (Å²) >= 11 is 0. The molecular weight excluding hydrogens is 605 g/mol. The van der Waals surface area contributed by atoms with Crippen molar-refractivity contribution in [2.45, 2.75) is 38.5 Å². The molecule has 0 fully saturated rings. The quantitative estimate of drug-likeness (QED) is 0.178. The van der Waals surface area contributed by atoms with Crippen LogP contribution in [0.1, 0.15) is 49.9 Å². The molecule has 50 heavy (non-hydrogen) atoms. The van der Waals surface area contributed by atoms with E-state index >= 15 is 0 Å². The normalized spacial score (nSPS) is 15.1. The number of hydrogen-bond acceptors (Lipinski definition) is 0. The highest BCUT2D eigenvalue weighted by Gasteiger charge is 2.42. The Kier molecular flexibility index (Phi) is 5.28. The summed E-state index contributed by atoms with van der Waals surface area (Å²) in [7, 11) is 0. The van der Waals surface area contributed by atoms with E-state index in [9.17, 15) is 0 Å². The maximum Gasteiger partial charge on any atom is 0.0795 e. The number of para-hydroxylation sites is 3. The molecule has 9 aromatic rings. The first-order valence-electron chi connectivity index (χ1n) is 17.8. The fourth-order valence-electron chi connectivity index (χ4n) is 9.90. The fraction of sp³-hybridized carbons (Fsp3) is 0.125. The molecule has 2 heteroatoms. The van der Waals surface area contributed by atoms with Gasteiger partial charge in [0.25, 0.3) is 0 Å². The molecule has 0 saturated carbocycles. The second kappa shape index (κ2) is 9.43. The van der Waals surface area contributed by atoms with Gasteiger partial charge in [0.15, 0.2) is 0 Å². The Balaban J connectivity index is 1.40. The summed E-state index contributed by atoms with van der Waals surface area (Å²) in [6, 6.07) is 54.3. The summed E-state index contributed by atoms with van der Waals surface area (Å²) in [6.45, 7) is 9.62. The number of hydrogen-bond donors (Lipinski definition) is 0. The lowest BCUT2D eigenvalue weighted by molar-refractivity contribution is 0.660. The largest absolute Gasteiger partial charge is 0.307 e. The maximum absolute atomic E-state index is 2.59. The van der Waals surface area contributed by atoms with Crippen molar-refractivity contribution < 1.29 is 0 Å². The van der Waals surface area contributed by atoms with E-state index in [1.807, 2.05) is 0 Å². The molecule has 11 rings (SSSR count). The van der Waals surface area contributed by atoms with Crippen LogP contribution in [0.3, 0.4) is 0 Å². The summed E-state index contributed by atoms with van der Waals surface area (Å²) in [4.78, 5) is 0. The van der Waals surface area contributed by atoms with Gasteiger partial charge in [-0.3, -0.25) is 0 Å². The third kappa shape index (κ3) is 3.29. The van der Waals surface area contributed by atoms with Crippen LogP contribution in [0.5, 0.6) is 0 Å². The van der Waals surface area contributed by atoms with Crippen molar-refractivity contribution in [3.8, 4) is 33.6 Å². The molecular formula is C48H36N2. The van der Waals surface area contributed by atoms with Gasteiger partial charge in [0.1, 0.15) is 0 Å². The molecule has 2 heterocycles. The Labute approximate surface area is 291 Å². The Hall–Kier alpha value is -5.86. The van der Waals surface area contributed by atoms with Crippen LogP contribution < -0.4 is 0 Å². The Bertz CT molecular complexity index is 2910. The van der Waals surface area contributed by atoms with Crippen LogP contribution in [-0.2, 0) is 10.8 Å². The van der Waals surface area contributed by atoms with Gasteiger partial charge >= 0.3 is 0 Å². The minimum atomic E-state index is -0.190. The number of benzene rings is 7. The Morgan fingerprint density at radius 1 is 0.400 bits per heavy atom. The van der Waals surface area contributed by atoms with E-state index in [-0.39, 0.29) is 10.8 Å². The molecule has 2 aliphatic carbocycles. The van der Waals surface area contributed by atoms with Crippen LogP contribution in [0.25, 0.3) is 77.2 Å². The number of aromatic nitrogens is 2. The predicted octanol–water partition coefficient (Wildman–Crippen LogP) is 12.5. The molecule has 0 aliphatic heterocycles. The van der Waals surface area contributed by atoms with Crippen molar-refractivity contribution in [2.24, 2.45) is 0 Å². The molecule has 2 nitrogen and oxygen atoms in total. The Morgan fingerprint density at radius 3 is 1.64 bits per heavy atom. The number of fused-ring (bicyclic) bond motifs is 15. The Morgan fingerprint density at radius 2 is 0.920 bits per heavy atom. The van der Waals surface area contributed by atoms with Crippen molar-refractivity contribution in [2.75, 3.05) is 0 Å². The van der Waals surface area contributed by atoms with E-state index in [2.05, 4.69) is 182 Å². The van der Waals surface area contributed by atoms with Crippen LogP contribution in [0.15, 0.2) is 146 Å². The topological polar surface area (TPSA) is 9.86 Å². The van der Waals surface area contributed by atoms with Crippen LogP contribution in [0.4, 0.5) is 0 Å². The van der Waals surface area contributed by atoms with E-state index in [0.717, 1.165) is 0 Å². The predicted molar refractivity (Wildman–Crippen MR) is 210 cm³/mol. The highest BCUT2D eigenvalue weighted by atomic mass is 15.0. The number of nitrogens with zero attached hydrogens (tertiary/aromatic N) is 2. The summed E-state index contributed by atoms with van der Waals surface area (Å²) in [5.74, 6) is 0. The summed E-state index contributed by atoms with van der Waals surface area (Å²) in [6.07, 6.45) is 0. The average Bonchev–Trinajstić information content (AvgIpc) is 3.81.